The molecule has 184 valence electrons. The number of halogens is 1. The zero-order chi connectivity index (χ0) is 25.1. The summed E-state index contributed by atoms with van der Waals surface area (Å²) in [4.78, 5) is 24.0. The van der Waals surface area contributed by atoms with Crippen molar-refractivity contribution in [2.24, 2.45) is 0 Å². The second-order valence-corrected chi connectivity index (χ2v) is 6.72. The smallest absolute Gasteiger partial charge is 0.412 e. The molecule has 0 aliphatic carbocycles. The maximum Gasteiger partial charge on any atom is 0.412 e. The van der Waals surface area contributed by atoms with E-state index in [0.29, 0.717) is 11.3 Å². The van der Waals surface area contributed by atoms with E-state index in [1.807, 2.05) is 0 Å². The number of anilines is 1. The molecule has 0 aliphatic rings. The molecule has 0 fully saturated rings. The standard InChI is InChI=1S/C23H28FN3O7/c1-4-32-18-12-16(17(24)13-19(18)34-11-10-28)20(22(29)33-5-2)26-15-8-6-14(7-9-15)21(25)27-23(30)31-3/h6-9,12-13,20,26,28H,4-5,10-11H2,1-3H3,(H2,25,27,30). The van der Waals surface area contributed by atoms with Gasteiger partial charge in [0.25, 0.3) is 0 Å². The van der Waals surface area contributed by atoms with Gasteiger partial charge in [0.05, 0.1) is 26.9 Å². The van der Waals surface area contributed by atoms with Crippen LogP contribution in [0.15, 0.2) is 36.4 Å². The fraction of sp³-hybridized carbons (Fsp3) is 0.348. The maximum atomic E-state index is 15.1. The van der Waals surface area contributed by atoms with Crippen LogP contribution in [0.5, 0.6) is 11.5 Å². The van der Waals surface area contributed by atoms with Crippen molar-refractivity contribution in [1.29, 1.82) is 5.41 Å². The van der Waals surface area contributed by atoms with E-state index >= 15 is 4.39 Å². The van der Waals surface area contributed by atoms with Crippen LogP contribution in [0.3, 0.4) is 0 Å². The lowest BCUT2D eigenvalue weighted by atomic mass is 10.0. The maximum absolute atomic E-state index is 15.1. The van der Waals surface area contributed by atoms with E-state index in [1.165, 1.54) is 25.3 Å². The number of rotatable bonds is 11. The third-order valence-corrected chi connectivity index (χ3v) is 4.44. The lowest BCUT2D eigenvalue weighted by molar-refractivity contribution is -0.144. The molecule has 11 heteroatoms. The third-order valence-electron chi connectivity index (χ3n) is 4.44. The summed E-state index contributed by atoms with van der Waals surface area (Å²) in [6, 6.07) is 7.43. The van der Waals surface area contributed by atoms with Crippen molar-refractivity contribution >= 4 is 23.6 Å². The normalized spacial score (nSPS) is 11.2. The van der Waals surface area contributed by atoms with Gasteiger partial charge in [-0.2, -0.15) is 0 Å². The van der Waals surface area contributed by atoms with Crippen molar-refractivity contribution in [3.63, 3.8) is 0 Å². The fourth-order valence-corrected chi connectivity index (χ4v) is 2.92. The number of esters is 1. The van der Waals surface area contributed by atoms with Gasteiger partial charge >= 0.3 is 12.1 Å². The molecule has 34 heavy (non-hydrogen) atoms. The predicted molar refractivity (Wildman–Crippen MR) is 122 cm³/mol. The molecule has 0 aliphatic heterocycles. The molecule has 0 radical (unpaired) electrons. The molecule has 0 bridgehead atoms. The Morgan fingerprint density at radius 3 is 2.35 bits per heavy atom. The summed E-state index contributed by atoms with van der Waals surface area (Å²) in [5, 5.41) is 22.1. The highest BCUT2D eigenvalue weighted by molar-refractivity contribution is 6.04. The lowest BCUT2D eigenvalue weighted by Gasteiger charge is -2.21. The van der Waals surface area contributed by atoms with Gasteiger partial charge in [-0.15, -0.1) is 0 Å². The largest absolute Gasteiger partial charge is 0.490 e. The minimum absolute atomic E-state index is 0.0255. The molecule has 1 atom stereocenters. The molecule has 1 amide bonds. The Morgan fingerprint density at radius 1 is 1.09 bits per heavy atom. The number of amides is 1. The number of carbonyl (C=O) groups is 2. The van der Waals surface area contributed by atoms with Gasteiger partial charge in [-0.3, -0.25) is 10.7 Å². The summed E-state index contributed by atoms with van der Waals surface area (Å²) < 4.78 is 35.5. The lowest BCUT2D eigenvalue weighted by Crippen LogP contribution is -2.30. The summed E-state index contributed by atoms with van der Waals surface area (Å²) in [6.45, 7) is 3.43. The number of ether oxygens (including phenoxy) is 4. The van der Waals surface area contributed by atoms with Crippen LogP contribution in [0.4, 0.5) is 14.9 Å². The SMILES string of the molecule is CCOC(=O)C(Nc1ccc(C(=N)NC(=O)OC)cc1)c1cc(OCC)c(OCCO)cc1F. The van der Waals surface area contributed by atoms with Crippen molar-refractivity contribution < 1.29 is 38.0 Å². The number of alkyl carbamates (subject to hydrolysis) is 1. The Kier molecular flexibility index (Phi) is 10.1. The van der Waals surface area contributed by atoms with Crippen molar-refractivity contribution in [2.45, 2.75) is 19.9 Å². The highest BCUT2D eigenvalue weighted by Gasteiger charge is 2.27. The van der Waals surface area contributed by atoms with Crippen LogP contribution in [0, 0.1) is 11.2 Å². The van der Waals surface area contributed by atoms with Gasteiger partial charge in [0.2, 0.25) is 0 Å². The number of methoxy groups -OCH3 is 1. The second-order valence-electron chi connectivity index (χ2n) is 6.72. The van der Waals surface area contributed by atoms with Crippen LogP contribution in [0.2, 0.25) is 0 Å². The van der Waals surface area contributed by atoms with Crippen molar-refractivity contribution in [2.75, 3.05) is 38.9 Å². The van der Waals surface area contributed by atoms with Crippen LogP contribution in [-0.2, 0) is 14.3 Å². The van der Waals surface area contributed by atoms with E-state index in [-0.39, 0.29) is 49.3 Å². The van der Waals surface area contributed by atoms with Crippen molar-refractivity contribution in [3.8, 4) is 11.5 Å². The minimum Gasteiger partial charge on any atom is -0.490 e. The number of hydrogen-bond donors (Lipinski definition) is 4. The zero-order valence-electron chi connectivity index (χ0n) is 19.1. The van der Waals surface area contributed by atoms with Crippen LogP contribution < -0.4 is 20.1 Å². The van der Waals surface area contributed by atoms with E-state index in [4.69, 9.17) is 24.7 Å². The van der Waals surface area contributed by atoms with E-state index < -0.39 is 23.9 Å². The molecule has 1 unspecified atom stereocenters. The zero-order valence-corrected chi connectivity index (χ0v) is 19.1. The fourth-order valence-electron chi connectivity index (χ4n) is 2.92. The van der Waals surface area contributed by atoms with Gasteiger partial charge in [-0.25, -0.2) is 14.0 Å². The number of benzene rings is 2. The Labute approximate surface area is 196 Å². The summed E-state index contributed by atoms with van der Waals surface area (Å²) in [6.07, 6.45) is -0.776. The summed E-state index contributed by atoms with van der Waals surface area (Å²) in [7, 11) is 1.19. The molecule has 0 aromatic heterocycles. The van der Waals surface area contributed by atoms with Gasteiger partial charge in [0, 0.05) is 22.9 Å². The molecule has 0 spiro atoms. The van der Waals surface area contributed by atoms with Gasteiger partial charge in [0.15, 0.2) is 17.5 Å². The van der Waals surface area contributed by atoms with Crippen LogP contribution in [-0.4, -0.2) is 56.5 Å². The van der Waals surface area contributed by atoms with E-state index in [1.54, 1.807) is 26.0 Å². The average Bonchev–Trinajstić information content (AvgIpc) is 2.83. The molecule has 4 N–H and O–H groups in total. The van der Waals surface area contributed by atoms with Crippen molar-refractivity contribution in [1.82, 2.24) is 5.32 Å². The van der Waals surface area contributed by atoms with Crippen LogP contribution in [0.25, 0.3) is 0 Å². The second kappa shape index (κ2) is 13.0. The number of carbonyl (C=O) groups excluding carboxylic acids is 2. The molecular formula is C23H28FN3O7. The van der Waals surface area contributed by atoms with Crippen LogP contribution in [0.1, 0.15) is 31.0 Å². The van der Waals surface area contributed by atoms with Gasteiger partial charge in [-0.05, 0) is 44.2 Å². The van der Waals surface area contributed by atoms with Gasteiger partial charge in [-0.1, -0.05) is 0 Å². The molecular weight excluding hydrogens is 449 g/mol. The summed E-state index contributed by atoms with van der Waals surface area (Å²) in [5.41, 5.74) is 0.798. The molecule has 10 nitrogen and oxygen atoms in total. The van der Waals surface area contributed by atoms with Crippen LogP contribution >= 0.6 is 0 Å². The van der Waals surface area contributed by atoms with E-state index in [2.05, 4.69) is 15.4 Å². The first-order valence-electron chi connectivity index (χ1n) is 10.5. The molecule has 2 rings (SSSR count). The quantitative estimate of drug-likeness (QED) is 0.220. The molecule has 0 saturated heterocycles. The first kappa shape index (κ1) is 26.4. The molecule has 0 saturated carbocycles. The van der Waals surface area contributed by atoms with E-state index in [0.717, 1.165) is 6.07 Å². The number of hydrogen-bond acceptors (Lipinski definition) is 9. The third kappa shape index (κ3) is 7.07. The number of nitrogens with one attached hydrogen (secondary N) is 3. The molecule has 0 heterocycles. The first-order valence-corrected chi connectivity index (χ1v) is 10.5. The monoisotopic (exact) mass is 477 g/mol. The van der Waals surface area contributed by atoms with Crippen molar-refractivity contribution in [3.05, 3.63) is 53.3 Å². The number of aliphatic hydroxyl groups is 1. The molecule has 2 aromatic rings. The highest BCUT2D eigenvalue weighted by Crippen LogP contribution is 2.34. The van der Waals surface area contributed by atoms with E-state index in [9.17, 15) is 9.59 Å². The topological polar surface area (TPSA) is 139 Å². The minimum atomic E-state index is -1.22. The Bertz CT molecular complexity index is 999. The summed E-state index contributed by atoms with van der Waals surface area (Å²) in [5.74, 6) is -1.31. The number of aliphatic hydroxyl groups excluding tert-OH is 1. The predicted octanol–water partition coefficient (Wildman–Crippen LogP) is 2.99. The highest BCUT2D eigenvalue weighted by atomic mass is 19.1. The molecule has 2 aromatic carbocycles. The average molecular weight is 477 g/mol. The Morgan fingerprint density at radius 2 is 1.76 bits per heavy atom. The number of amidine groups is 1. The Balaban J connectivity index is 2.36. The van der Waals surface area contributed by atoms with Gasteiger partial charge < -0.3 is 29.4 Å². The Hall–Kier alpha value is -3.86. The first-order chi connectivity index (χ1) is 16.3. The van der Waals surface area contributed by atoms with Gasteiger partial charge in [0.1, 0.15) is 18.3 Å². The summed E-state index contributed by atoms with van der Waals surface area (Å²) >= 11 is 0.